The van der Waals surface area contributed by atoms with Crippen LogP contribution in [0.3, 0.4) is 0 Å². The van der Waals surface area contributed by atoms with Crippen molar-refractivity contribution in [1.82, 2.24) is 0 Å². The van der Waals surface area contributed by atoms with Gasteiger partial charge in [0, 0.05) is 10.8 Å². The summed E-state index contributed by atoms with van der Waals surface area (Å²) in [6.45, 7) is 6.08. The number of sulfone groups is 3. The van der Waals surface area contributed by atoms with Gasteiger partial charge in [-0.05, 0) is 0 Å². The molecule has 0 aliphatic rings. The molecule has 0 rings (SSSR count). The Morgan fingerprint density at radius 2 is 0.941 bits per heavy atom. The highest BCUT2D eigenvalue weighted by Crippen LogP contribution is 2.00. The van der Waals surface area contributed by atoms with Crippen molar-refractivity contribution < 1.29 is 25.3 Å². The Morgan fingerprint density at radius 1 is 0.647 bits per heavy atom. The fraction of sp³-hybridized carbons (Fsp3) is 0.500. The summed E-state index contributed by atoms with van der Waals surface area (Å²) in [5.74, 6) is -2.41. The summed E-state index contributed by atoms with van der Waals surface area (Å²) in [4.78, 5) is 0. The van der Waals surface area contributed by atoms with Gasteiger partial charge in [-0.3, -0.25) is 0 Å². The highest BCUT2D eigenvalue weighted by Gasteiger charge is 2.18. The van der Waals surface area contributed by atoms with Crippen LogP contribution in [0.2, 0.25) is 0 Å². The average Bonchev–Trinajstić information content (AvgIpc) is 2.25. The molecule has 0 amide bonds. The molecule has 0 heterocycles. The van der Waals surface area contributed by atoms with Crippen LogP contribution in [0.4, 0.5) is 0 Å². The maximum absolute atomic E-state index is 11.4. The van der Waals surface area contributed by atoms with Gasteiger partial charge >= 0.3 is 0 Å². The van der Waals surface area contributed by atoms with Crippen molar-refractivity contribution in [2.45, 2.75) is 0 Å². The van der Waals surface area contributed by atoms with Gasteiger partial charge < -0.3 is 0 Å². The highest BCUT2D eigenvalue weighted by atomic mass is 32.2. The Hall–Kier alpha value is -0.670. The molecule has 0 N–H and O–H groups in total. The molecular formula is C8H14O6S3. The highest BCUT2D eigenvalue weighted by molar-refractivity contribution is 7.98. The van der Waals surface area contributed by atoms with E-state index in [0.29, 0.717) is 10.8 Å². The third kappa shape index (κ3) is 7.29. The van der Waals surface area contributed by atoms with E-state index in [1.54, 1.807) is 0 Å². The maximum Gasteiger partial charge on any atom is 0.172 e. The molecule has 6 nitrogen and oxygen atoms in total. The van der Waals surface area contributed by atoms with Crippen molar-refractivity contribution in [1.29, 1.82) is 0 Å². The lowest BCUT2D eigenvalue weighted by molar-refractivity contribution is 0.589. The van der Waals surface area contributed by atoms with Crippen LogP contribution in [0.1, 0.15) is 0 Å². The second-order valence-electron chi connectivity index (χ2n) is 3.22. The second-order valence-corrected chi connectivity index (χ2v) is 9.66. The Balaban J connectivity index is 4.54. The Morgan fingerprint density at radius 3 is 1.18 bits per heavy atom. The normalized spacial score (nSPS) is 13.2. The molecular weight excluding hydrogens is 288 g/mol. The summed E-state index contributed by atoms with van der Waals surface area (Å²) in [7, 11) is -10.9. The van der Waals surface area contributed by atoms with Gasteiger partial charge in [0.1, 0.15) is 0 Å². The van der Waals surface area contributed by atoms with Gasteiger partial charge in [0.25, 0.3) is 0 Å². The molecule has 100 valence electrons. The summed E-state index contributed by atoms with van der Waals surface area (Å²) >= 11 is 0. The van der Waals surface area contributed by atoms with Crippen molar-refractivity contribution in [2.75, 3.05) is 23.0 Å². The molecule has 0 saturated heterocycles. The van der Waals surface area contributed by atoms with E-state index >= 15 is 0 Å². The molecule has 17 heavy (non-hydrogen) atoms. The van der Waals surface area contributed by atoms with E-state index < -0.39 is 52.5 Å². The van der Waals surface area contributed by atoms with Crippen LogP contribution in [0.25, 0.3) is 0 Å². The largest absolute Gasteiger partial charge is 0.229 e. The molecule has 9 heteroatoms. The maximum atomic E-state index is 11.4. The topological polar surface area (TPSA) is 102 Å². The first kappa shape index (κ1) is 16.3. The molecule has 0 atom stereocenters. The van der Waals surface area contributed by atoms with Crippen LogP contribution in [0.15, 0.2) is 24.0 Å². The lowest BCUT2D eigenvalue weighted by Gasteiger charge is -2.02. The monoisotopic (exact) mass is 302 g/mol. The lowest BCUT2D eigenvalue weighted by Crippen LogP contribution is -2.22. The number of hydrogen-bond acceptors (Lipinski definition) is 6. The number of hydrogen-bond donors (Lipinski definition) is 0. The van der Waals surface area contributed by atoms with E-state index in [9.17, 15) is 25.3 Å². The first-order chi connectivity index (χ1) is 7.54. The van der Waals surface area contributed by atoms with Crippen LogP contribution in [-0.4, -0.2) is 48.3 Å². The summed E-state index contributed by atoms with van der Waals surface area (Å²) in [6, 6.07) is 0. The molecule has 0 fully saturated rings. The van der Waals surface area contributed by atoms with Crippen molar-refractivity contribution in [3.63, 3.8) is 0 Å². The molecule has 0 aromatic heterocycles. The Labute approximate surface area is 102 Å². The first-order valence-electron chi connectivity index (χ1n) is 4.44. The fourth-order valence-electron chi connectivity index (χ4n) is 0.755. The fourth-order valence-corrected chi connectivity index (χ4v) is 5.18. The first-order valence-corrected chi connectivity index (χ1v) is 9.69. The van der Waals surface area contributed by atoms with E-state index in [1.807, 2.05) is 0 Å². The van der Waals surface area contributed by atoms with Crippen molar-refractivity contribution in [2.24, 2.45) is 0 Å². The Kier molecular flexibility index (Phi) is 5.56. The predicted molar refractivity (Wildman–Crippen MR) is 66.6 cm³/mol. The summed E-state index contributed by atoms with van der Waals surface area (Å²) in [5.41, 5.74) is 0. The van der Waals surface area contributed by atoms with Crippen molar-refractivity contribution >= 4 is 29.5 Å². The molecule has 0 bridgehead atoms. The third-order valence-corrected chi connectivity index (χ3v) is 6.60. The third-order valence-electron chi connectivity index (χ3n) is 1.87. The van der Waals surface area contributed by atoms with Crippen LogP contribution in [0, 0.1) is 0 Å². The standard InChI is InChI=1S/C8H14O6S3/c1-3-15(9,10)5-7-17(13,14)8-6-16(11,12)4-2/h3-4H,1-2,5-8H2. The summed E-state index contributed by atoms with van der Waals surface area (Å²) in [5, 5.41) is 1.34. The molecule has 0 aliphatic heterocycles. The van der Waals surface area contributed by atoms with E-state index in [4.69, 9.17) is 0 Å². The van der Waals surface area contributed by atoms with Gasteiger partial charge in [-0.1, -0.05) is 13.2 Å². The molecule has 0 saturated carbocycles. The zero-order valence-corrected chi connectivity index (χ0v) is 11.5. The van der Waals surface area contributed by atoms with Gasteiger partial charge in [-0.15, -0.1) is 0 Å². The average molecular weight is 302 g/mol. The second kappa shape index (κ2) is 5.78. The van der Waals surface area contributed by atoms with E-state index in [1.165, 1.54) is 0 Å². The Bertz CT molecular complexity index is 531. The quantitative estimate of drug-likeness (QED) is 0.600. The van der Waals surface area contributed by atoms with Crippen molar-refractivity contribution in [3.8, 4) is 0 Å². The predicted octanol–water partition coefficient (Wildman–Crippen LogP) is -0.482. The van der Waals surface area contributed by atoms with E-state index in [0.717, 1.165) is 0 Å². The summed E-state index contributed by atoms with van der Waals surface area (Å²) in [6.07, 6.45) is 0. The molecule has 0 aromatic carbocycles. The van der Waals surface area contributed by atoms with Crippen LogP contribution >= 0.6 is 0 Å². The van der Waals surface area contributed by atoms with Crippen LogP contribution in [0.5, 0.6) is 0 Å². The smallest absolute Gasteiger partial charge is 0.172 e. The molecule has 0 aliphatic carbocycles. The van der Waals surface area contributed by atoms with Crippen molar-refractivity contribution in [3.05, 3.63) is 24.0 Å². The minimum atomic E-state index is -3.72. The van der Waals surface area contributed by atoms with E-state index in [2.05, 4.69) is 13.2 Å². The van der Waals surface area contributed by atoms with Gasteiger partial charge in [-0.2, -0.15) is 0 Å². The van der Waals surface area contributed by atoms with E-state index in [-0.39, 0.29) is 0 Å². The van der Waals surface area contributed by atoms with Gasteiger partial charge in [0.15, 0.2) is 29.5 Å². The lowest BCUT2D eigenvalue weighted by atomic mass is 10.9. The van der Waals surface area contributed by atoms with Crippen LogP contribution in [-0.2, 0) is 29.5 Å². The van der Waals surface area contributed by atoms with Gasteiger partial charge in [0.05, 0.1) is 23.0 Å². The molecule has 0 spiro atoms. The zero-order valence-electron chi connectivity index (χ0n) is 9.07. The number of rotatable bonds is 8. The minimum Gasteiger partial charge on any atom is -0.229 e. The molecule has 0 radical (unpaired) electrons. The van der Waals surface area contributed by atoms with Crippen LogP contribution < -0.4 is 0 Å². The van der Waals surface area contributed by atoms with Gasteiger partial charge in [0.2, 0.25) is 0 Å². The van der Waals surface area contributed by atoms with Gasteiger partial charge in [-0.25, -0.2) is 25.3 Å². The zero-order chi connectivity index (χ0) is 13.7. The molecule has 0 aromatic rings. The SMILES string of the molecule is C=CS(=O)(=O)CCS(=O)(=O)CCS(=O)(=O)C=C. The minimum absolute atomic E-state index is 0.590. The summed E-state index contributed by atoms with van der Waals surface area (Å²) < 4.78 is 66.7. The molecule has 0 unspecified atom stereocenters.